The predicted molar refractivity (Wildman–Crippen MR) is 63.2 cm³/mol. The molecule has 1 aliphatic heterocycles. The van der Waals surface area contributed by atoms with E-state index in [0.717, 1.165) is 0 Å². The van der Waals surface area contributed by atoms with Crippen molar-refractivity contribution in [3.63, 3.8) is 0 Å². The van der Waals surface area contributed by atoms with Crippen molar-refractivity contribution in [3.05, 3.63) is 21.9 Å². The highest BCUT2D eigenvalue weighted by Crippen LogP contribution is 2.15. The summed E-state index contributed by atoms with van der Waals surface area (Å²) >= 11 is 1.65. The van der Waals surface area contributed by atoms with Crippen LogP contribution >= 0.6 is 11.3 Å². The van der Waals surface area contributed by atoms with Crippen LogP contribution in [-0.4, -0.2) is 25.2 Å². The Morgan fingerprint density at radius 1 is 1.62 bits per heavy atom. The number of hydrogen-bond acceptors (Lipinski definition) is 4. The molecule has 1 saturated heterocycles. The second kappa shape index (κ2) is 4.95. The summed E-state index contributed by atoms with van der Waals surface area (Å²) in [6, 6.07) is -0.163. The van der Waals surface area contributed by atoms with Crippen LogP contribution in [0.2, 0.25) is 0 Å². The maximum Gasteiger partial charge on any atom is 0.227 e. The van der Waals surface area contributed by atoms with Crippen LogP contribution in [0, 0.1) is 12.8 Å². The number of carbonyl (C=O) groups excluding carboxylic acids is 1. The van der Waals surface area contributed by atoms with Gasteiger partial charge in [-0.15, -0.1) is 0 Å². The average molecular weight is 240 g/mol. The number of carbonyl (C=O) groups is 1. The number of thiophene rings is 1. The van der Waals surface area contributed by atoms with E-state index < -0.39 is 0 Å². The van der Waals surface area contributed by atoms with Crippen molar-refractivity contribution < 1.29 is 9.53 Å². The van der Waals surface area contributed by atoms with Gasteiger partial charge in [0.05, 0.1) is 19.1 Å². The first-order chi connectivity index (χ1) is 7.68. The number of ether oxygens (including phenoxy) is 1. The van der Waals surface area contributed by atoms with Crippen molar-refractivity contribution in [1.82, 2.24) is 5.32 Å². The van der Waals surface area contributed by atoms with Gasteiger partial charge in [0.25, 0.3) is 0 Å². The summed E-state index contributed by atoms with van der Waals surface area (Å²) in [6.07, 6.45) is 0. The Kier molecular flexibility index (Phi) is 3.58. The monoisotopic (exact) mass is 240 g/mol. The highest BCUT2D eigenvalue weighted by Gasteiger charge is 2.31. The van der Waals surface area contributed by atoms with Gasteiger partial charge in [-0.1, -0.05) is 0 Å². The van der Waals surface area contributed by atoms with Crippen LogP contribution in [0.4, 0.5) is 0 Å². The molecule has 5 heteroatoms. The normalized spacial score (nSPS) is 24.6. The Morgan fingerprint density at radius 2 is 2.44 bits per heavy atom. The number of nitrogens with two attached hydrogens (primary N) is 1. The standard InChI is InChI=1S/C11H16N2O2S/c1-7-5-16-6-8(7)2-13-11(14)9-3-15-4-10(9)12/h5-6,9-10H,2-4,12H2,1H3,(H,13,14). The van der Waals surface area contributed by atoms with Crippen molar-refractivity contribution >= 4 is 17.2 Å². The van der Waals surface area contributed by atoms with Crippen LogP contribution in [0.15, 0.2) is 10.8 Å². The number of rotatable bonds is 3. The van der Waals surface area contributed by atoms with Gasteiger partial charge in [-0.2, -0.15) is 11.3 Å². The molecule has 1 fully saturated rings. The minimum atomic E-state index is -0.195. The summed E-state index contributed by atoms with van der Waals surface area (Å²) in [5.41, 5.74) is 8.17. The summed E-state index contributed by atoms with van der Waals surface area (Å²) in [5, 5.41) is 7.04. The fourth-order valence-corrected chi connectivity index (χ4v) is 2.58. The first kappa shape index (κ1) is 11.6. The molecule has 2 atom stereocenters. The molecule has 0 radical (unpaired) electrons. The lowest BCUT2D eigenvalue weighted by atomic mass is 10.0. The fraction of sp³-hybridized carbons (Fsp3) is 0.545. The SMILES string of the molecule is Cc1cscc1CNC(=O)C1COCC1N. The van der Waals surface area contributed by atoms with E-state index in [9.17, 15) is 4.79 Å². The van der Waals surface area contributed by atoms with Crippen molar-refractivity contribution in [2.75, 3.05) is 13.2 Å². The molecular formula is C11H16N2O2S. The van der Waals surface area contributed by atoms with E-state index in [1.807, 2.05) is 6.92 Å². The summed E-state index contributed by atoms with van der Waals surface area (Å²) in [4.78, 5) is 11.8. The number of hydrogen-bond donors (Lipinski definition) is 2. The van der Waals surface area contributed by atoms with Gasteiger partial charge in [-0.05, 0) is 28.8 Å². The van der Waals surface area contributed by atoms with E-state index in [1.165, 1.54) is 11.1 Å². The lowest BCUT2D eigenvalue weighted by Crippen LogP contribution is -2.40. The minimum Gasteiger partial charge on any atom is -0.379 e. The van der Waals surface area contributed by atoms with Crippen LogP contribution in [-0.2, 0) is 16.1 Å². The molecule has 2 unspecified atom stereocenters. The van der Waals surface area contributed by atoms with Crippen LogP contribution in [0.1, 0.15) is 11.1 Å². The molecule has 4 nitrogen and oxygen atoms in total. The summed E-state index contributed by atoms with van der Waals surface area (Å²) < 4.78 is 5.17. The Hall–Kier alpha value is -0.910. The third kappa shape index (κ3) is 2.42. The summed E-state index contributed by atoms with van der Waals surface area (Å²) in [5.74, 6) is -0.199. The zero-order valence-corrected chi connectivity index (χ0v) is 10.0. The molecule has 1 aromatic heterocycles. The van der Waals surface area contributed by atoms with E-state index in [-0.39, 0.29) is 17.9 Å². The molecule has 0 spiro atoms. The van der Waals surface area contributed by atoms with Gasteiger partial charge in [0.15, 0.2) is 0 Å². The molecule has 1 aromatic rings. The van der Waals surface area contributed by atoms with Crippen LogP contribution in [0.25, 0.3) is 0 Å². The Bertz CT molecular complexity index is 378. The van der Waals surface area contributed by atoms with Crippen molar-refractivity contribution in [1.29, 1.82) is 0 Å². The summed E-state index contributed by atoms with van der Waals surface area (Å²) in [7, 11) is 0. The maximum absolute atomic E-state index is 11.8. The van der Waals surface area contributed by atoms with Gasteiger partial charge in [0.1, 0.15) is 0 Å². The van der Waals surface area contributed by atoms with Crippen molar-refractivity contribution in [2.24, 2.45) is 11.7 Å². The molecule has 2 heterocycles. The largest absolute Gasteiger partial charge is 0.379 e. The molecule has 0 aliphatic carbocycles. The minimum absolute atomic E-state index is 0.00407. The molecule has 16 heavy (non-hydrogen) atoms. The second-order valence-corrected chi connectivity index (χ2v) is 4.85. The molecule has 0 saturated carbocycles. The van der Waals surface area contributed by atoms with Crippen LogP contribution in [0.3, 0.4) is 0 Å². The maximum atomic E-state index is 11.8. The molecule has 0 aromatic carbocycles. The smallest absolute Gasteiger partial charge is 0.227 e. The van der Waals surface area contributed by atoms with Gasteiger partial charge in [-0.25, -0.2) is 0 Å². The third-order valence-electron chi connectivity index (χ3n) is 2.88. The van der Waals surface area contributed by atoms with Gasteiger partial charge in [0.2, 0.25) is 5.91 Å². The number of nitrogens with one attached hydrogen (secondary N) is 1. The Balaban J connectivity index is 1.86. The van der Waals surface area contributed by atoms with Crippen LogP contribution < -0.4 is 11.1 Å². The summed E-state index contributed by atoms with van der Waals surface area (Å²) in [6.45, 7) is 3.55. The number of amides is 1. The molecule has 3 N–H and O–H groups in total. The molecule has 1 amide bonds. The molecule has 1 aliphatic rings. The van der Waals surface area contributed by atoms with E-state index in [0.29, 0.717) is 19.8 Å². The average Bonchev–Trinajstić information content (AvgIpc) is 2.84. The van der Waals surface area contributed by atoms with E-state index in [1.54, 1.807) is 11.3 Å². The van der Waals surface area contributed by atoms with Gasteiger partial charge in [-0.3, -0.25) is 4.79 Å². The zero-order chi connectivity index (χ0) is 11.5. The molecule has 88 valence electrons. The zero-order valence-electron chi connectivity index (χ0n) is 9.23. The van der Waals surface area contributed by atoms with Gasteiger partial charge < -0.3 is 15.8 Å². The Labute approximate surface area is 98.8 Å². The Morgan fingerprint density at radius 3 is 3.00 bits per heavy atom. The fourth-order valence-electron chi connectivity index (χ4n) is 1.72. The van der Waals surface area contributed by atoms with E-state index in [2.05, 4.69) is 16.1 Å². The lowest BCUT2D eigenvalue weighted by molar-refractivity contribution is -0.125. The van der Waals surface area contributed by atoms with Gasteiger partial charge >= 0.3 is 0 Å². The second-order valence-electron chi connectivity index (χ2n) is 4.11. The molecular weight excluding hydrogens is 224 g/mol. The molecule has 2 rings (SSSR count). The van der Waals surface area contributed by atoms with Crippen molar-refractivity contribution in [2.45, 2.75) is 19.5 Å². The highest BCUT2D eigenvalue weighted by molar-refractivity contribution is 7.08. The van der Waals surface area contributed by atoms with E-state index in [4.69, 9.17) is 10.5 Å². The molecule has 0 bridgehead atoms. The van der Waals surface area contributed by atoms with E-state index >= 15 is 0 Å². The first-order valence-electron chi connectivity index (χ1n) is 5.31. The topological polar surface area (TPSA) is 64.3 Å². The van der Waals surface area contributed by atoms with Gasteiger partial charge in [0, 0.05) is 12.6 Å². The predicted octanol–water partition coefficient (Wildman–Crippen LogP) is 0.646. The number of aryl methyl sites for hydroxylation is 1. The van der Waals surface area contributed by atoms with Crippen LogP contribution in [0.5, 0.6) is 0 Å². The lowest BCUT2D eigenvalue weighted by Gasteiger charge is -2.13. The highest BCUT2D eigenvalue weighted by atomic mass is 32.1. The quantitative estimate of drug-likeness (QED) is 0.815. The van der Waals surface area contributed by atoms with Crippen molar-refractivity contribution in [3.8, 4) is 0 Å². The third-order valence-corrected chi connectivity index (χ3v) is 3.79. The first-order valence-corrected chi connectivity index (χ1v) is 6.25.